The van der Waals surface area contributed by atoms with E-state index in [1.165, 1.54) is 25.0 Å². The van der Waals surface area contributed by atoms with Crippen LogP contribution in [0.5, 0.6) is 0 Å². The van der Waals surface area contributed by atoms with E-state index in [0.29, 0.717) is 12.5 Å². The van der Waals surface area contributed by atoms with Crippen molar-refractivity contribution >= 4 is 5.91 Å². The van der Waals surface area contributed by atoms with Crippen LogP contribution in [0.1, 0.15) is 63.4 Å². The molecule has 0 radical (unpaired) electrons. The largest absolute Gasteiger partial charge is 0.339 e. The van der Waals surface area contributed by atoms with Crippen LogP contribution in [0.3, 0.4) is 0 Å². The van der Waals surface area contributed by atoms with Crippen LogP contribution in [-0.2, 0) is 11.2 Å². The molecular weight excluding hydrogens is 303 g/mol. The van der Waals surface area contributed by atoms with Gasteiger partial charge in [0.05, 0.1) is 0 Å². The van der Waals surface area contributed by atoms with Crippen LogP contribution < -0.4 is 5.73 Å². The van der Waals surface area contributed by atoms with Gasteiger partial charge in [0.2, 0.25) is 5.91 Å². The smallest absolute Gasteiger partial charge is 0.222 e. The van der Waals surface area contributed by atoms with Gasteiger partial charge in [0.1, 0.15) is 5.82 Å². The van der Waals surface area contributed by atoms with E-state index < -0.39 is 0 Å². The summed E-state index contributed by atoms with van der Waals surface area (Å²) in [6.45, 7) is 1.48. The first-order chi connectivity index (χ1) is 11.7. The monoisotopic (exact) mass is 334 g/mol. The molecule has 1 aliphatic carbocycles. The lowest BCUT2D eigenvalue weighted by atomic mass is 10.1. The summed E-state index contributed by atoms with van der Waals surface area (Å²) in [6.07, 6.45) is 10.3. The predicted octanol–water partition coefficient (Wildman–Crippen LogP) is 4.05. The zero-order chi connectivity index (χ0) is 17.2. The van der Waals surface area contributed by atoms with Crippen molar-refractivity contribution in [1.29, 1.82) is 0 Å². The first kappa shape index (κ1) is 18.9. The first-order valence-electron chi connectivity index (χ1n) is 9.44. The number of carbonyl (C=O) groups is 1. The minimum absolute atomic E-state index is 0.208. The molecule has 134 valence electrons. The van der Waals surface area contributed by atoms with Gasteiger partial charge in [-0.05, 0) is 56.3 Å². The Balaban J connectivity index is 1.84. The maximum absolute atomic E-state index is 13.0. The topological polar surface area (TPSA) is 46.3 Å². The number of unbranched alkanes of at least 4 members (excludes halogenated alkanes) is 3. The van der Waals surface area contributed by atoms with Gasteiger partial charge in [-0.3, -0.25) is 4.79 Å². The standard InChI is InChI=1S/C20H31FN2O/c21-18-12-10-17(11-13-18)14-16-23(19-7-4-5-8-19)20(24)9-3-1-2-6-15-22/h10-13,19H,1-9,14-16,22H2. The van der Waals surface area contributed by atoms with Crippen LogP contribution in [0.2, 0.25) is 0 Å². The highest BCUT2D eigenvalue weighted by atomic mass is 19.1. The third kappa shape index (κ3) is 6.23. The van der Waals surface area contributed by atoms with Crippen molar-refractivity contribution in [3.05, 3.63) is 35.6 Å². The molecule has 4 heteroatoms. The lowest BCUT2D eigenvalue weighted by Gasteiger charge is -2.29. The molecule has 0 saturated heterocycles. The average Bonchev–Trinajstić information content (AvgIpc) is 3.11. The van der Waals surface area contributed by atoms with Gasteiger partial charge in [0.25, 0.3) is 0 Å². The summed E-state index contributed by atoms with van der Waals surface area (Å²) in [5.74, 6) is 0.0803. The number of hydrogen-bond donors (Lipinski definition) is 1. The average molecular weight is 334 g/mol. The Kier molecular flexibility index (Phi) is 8.23. The number of nitrogens with two attached hydrogens (primary N) is 1. The van der Waals surface area contributed by atoms with E-state index in [0.717, 1.165) is 63.6 Å². The van der Waals surface area contributed by atoms with Crippen molar-refractivity contribution in [2.45, 2.75) is 70.3 Å². The third-order valence-electron chi connectivity index (χ3n) is 4.99. The predicted molar refractivity (Wildman–Crippen MR) is 96.2 cm³/mol. The summed E-state index contributed by atoms with van der Waals surface area (Å²) in [7, 11) is 0. The van der Waals surface area contributed by atoms with E-state index in [1.807, 2.05) is 12.1 Å². The second-order valence-electron chi connectivity index (χ2n) is 6.85. The normalized spacial score (nSPS) is 14.9. The van der Waals surface area contributed by atoms with Crippen LogP contribution in [0.25, 0.3) is 0 Å². The molecular formula is C20H31FN2O. The number of benzene rings is 1. The molecule has 0 aromatic heterocycles. The molecule has 0 bridgehead atoms. The number of rotatable bonds is 10. The van der Waals surface area contributed by atoms with E-state index in [-0.39, 0.29) is 11.7 Å². The number of carbonyl (C=O) groups excluding carboxylic acids is 1. The zero-order valence-corrected chi connectivity index (χ0v) is 14.7. The SMILES string of the molecule is NCCCCCCC(=O)N(CCc1ccc(F)cc1)C1CCCC1. The Morgan fingerprint density at radius 2 is 1.75 bits per heavy atom. The number of amides is 1. The molecule has 1 aromatic carbocycles. The van der Waals surface area contributed by atoms with Gasteiger partial charge in [-0.15, -0.1) is 0 Å². The fraction of sp³-hybridized carbons (Fsp3) is 0.650. The van der Waals surface area contributed by atoms with Gasteiger partial charge in [-0.2, -0.15) is 0 Å². The maximum atomic E-state index is 13.0. The Bertz CT molecular complexity index is 483. The molecule has 0 atom stereocenters. The Morgan fingerprint density at radius 1 is 1.08 bits per heavy atom. The van der Waals surface area contributed by atoms with Crippen molar-refractivity contribution in [2.24, 2.45) is 5.73 Å². The summed E-state index contributed by atoms with van der Waals surface area (Å²) in [5, 5.41) is 0. The highest BCUT2D eigenvalue weighted by molar-refractivity contribution is 5.76. The van der Waals surface area contributed by atoms with E-state index in [4.69, 9.17) is 5.73 Å². The van der Waals surface area contributed by atoms with Crippen molar-refractivity contribution in [2.75, 3.05) is 13.1 Å². The summed E-state index contributed by atoms with van der Waals surface area (Å²) < 4.78 is 13.0. The first-order valence-corrected chi connectivity index (χ1v) is 9.44. The van der Waals surface area contributed by atoms with E-state index in [9.17, 15) is 9.18 Å². The molecule has 0 unspecified atom stereocenters. The molecule has 2 rings (SSSR count). The van der Waals surface area contributed by atoms with E-state index in [1.54, 1.807) is 0 Å². The molecule has 3 nitrogen and oxygen atoms in total. The molecule has 0 spiro atoms. The molecule has 2 N–H and O–H groups in total. The van der Waals surface area contributed by atoms with Crippen molar-refractivity contribution in [3.63, 3.8) is 0 Å². The van der Waals surface area contributed by atoms with Crippen molar-refractivity contribution in [3.8, 4) is 0 Å². The lowest BCUT2D eigenvalue weighted by Crippen LogP contribution is -2.40. The van der Waals surface area contributed by atoms with Crippen molar-refractivity contribution in [1.82, 2.24) is 4.90 Å². The van der Waals surface area contributed by atoms with Gasteiger partial charge < -0.3 is 10.6 Å². The summed E-state index contributed by atoms with van der Waals surface area (Å²) in [6, 6.07) is 7.03. The minimum Gasteiger partial charge on any atom is -0.339 e. The number of halogens is 1. The van der Waals surface area contributed by atoms with Gasteiger partial charge >= 0.3 is 0 Å². The molecule has 0 heterocycles. The van der Waals surface area contributed by atoms with Gasteiger partial charge in [0.15, 0.2) is 0 Å². The second-order valence-corrected chi connectivity index (χ2v) is 6.85. The third-order valence-corrected chi connectivity index (χ3v) is 4.99. The van der Waals surface area contributed by atoms with Crippen LogP contribution in [-0.4, -0.2) is 29.9 Å². The zero-order valence-electron chi connectivity index (χ0n) is 14.7. The van der Waals surface area contributed by atoms with Crippen LogP contribution in [0.15, 0.2) is 24.3 Å². The highest BCUT2D eigenvalue weighted by Crippen LogP contribution is 2.25. The molecule has 1 aliphatic rings. The summed E-state index contributed by atoms with van der Waals surface area (Å²) in [5.41, 5.74) is 6.60. The molecule has 24 heavy (non-hydrogen) atoms. The van der Waals surface area contributed by atoms with Crippen LogP contribution in [0, 0.1) is 5.82 Å². The van der Waals surface area contributed by atoms with Gasteiger partial charge in [-0.1, -0.05) is 37.8 Å². The molecule has 0 aliphatic heterocycles. The van der Waals surface area contributed by atoms with Crippen LogP contribution >= 0.6 is 0 Å². The van der Waals surface area contributed by atoms with E-state index in [2.05, 4.69) is 4.90 Å². The highest BCUT2D eigenvalue weighted by Gasteiger charge is 2.25. The minimum atomic E-state index is -0.208. The summed E-state index contributed by atoms with van der Waals surface area (Å²) >= 11 is 0. The van der Waals surface area contributed by atoms with Gasteiger partial charge in [0, 0.05) is 19.0 Å². The van der Waals surface area contributed by atoms with Crippen molar-refractivity contribution < 1.29 is 9.18 Å². The number of nitrogens with zero attached hydrogens (tertiary/aromatic N) is 1. The Morgan fingerprint density at radius 3 is 2.42 bits per heavy atom. The number of hydrogen-bond acceptors (Lipinski definition) is 2. The summed E-state index contributed by atoms with van der Waals surface area (Å²) in [4.78, 5) is 14.8. The molecule has 1 saturated carbocycles. The van der Waals surface area contributed by atoms with Crippen LogP contribution in [0.4, 0.5) is 4.39 Å². The fourth-order valence-electron chi connectivity index (χ4n) is 3.55. The molecule has 1 aromatic rings. The second kappa shape index (κ2) is 10.4. The molecule has 1 amide bonds. The molecule has 1 fully saturated rings. The van der Waals surface area contributed by atoms with Gasteiger partial charge in [-0.25, -0.2) is 4.39 Å². The fourth-order valence-corrected chi connectivity index (χ4v) is 3.55. The van der Waals surface area contributed by atoms with E-state index >= 15 is 0 Å². The Hall–Kier alpha value is -1.42. The quantitative estimate of drug-likeness (QED) is 0.656. The Labute approximate surface area is 145 Å². The lowest BCUT2D eigenvalue weighted by molar-refractivity contribution is -0.133. The maximum Gasteiger partial charge on any atom is 0.222 e.